The molecule has 0 radical (unpaired) electrons. The molecule has 3 N–H and O–H groups in total. The maximum absolute atomic E-state index is 12.0. The van der Waals surface area contributed by atoms with Crippen LogP contribution in [0.15, 0.2) is 28.7 Å². The van der Waals surface area contributed by atoms with Gasteiger partial charge in [0, 0.05) is 4.47 Å². The summed E-state index contributed by atoms with van der Waals surface area (Å²) in [5.74, 6) is -0.0285. The lowest BCUT2D eigenvalue weighted by Crippen LogP contribution is -2.58. The highest BCUT2D eigenvalue weighted by molar-refractivity contribution is 9.10. The zero-order valence-corrected chi connectivity index (χ0v) is 11.5. The molecule has 4 heteroatoms. The predicted molar refractivity (Wildman–Crippen MR) is 71.5 cm³/mol. The number of halogens is 1. The summed E-state index contributed by atoms with van der Waals surface area (Å²) in [5.41, 5.74) is 6.44. The Morgan fingerprint density at radius 2 is 2.00 bits per heavy atom. The maximum atomic E-state index is 12.0. The molecule has 1 aliphatic carbocycles. The van der Waals surface area contributed by atoms with Crippen LogP contribution in [0.4, 0.5) is 0 Å². The van der Waals surface area contributed by atoms with Crippen LogP contribution in [0.25, 0.3) is 0 Å². The Bertz CT molecular complexity index is 412. The lowest BCUT2D eigenvalue weighted by Gasteiger charge is -2.37. The maximum Gasteiger partial charge on any atom is 0.240 e. The molecule has 0 aliphatic heterocycles. The Labute approximate surface area is 110 Å². The molecule has 1 aromatic carbocycles. The molecule has 1 amide bonds. The molecule has 1 saturated carbocycles. The number of nitrogens with one attached hydrogen (secondary N) is 1. The van der Waals surface area contributed by atoms with Crippen molar-refractivity contribution in [2.75, 3.05) is 0 Å². The standard InChI is InChI=1S/C13H17BrN2O/c1-9(10-3-5-11(14)6-4-10)16-12(17)13(15)7-2-8-13/h3-6,9H,2,7-8,15H2,1H3,(H,16,17)/t9-/m0/s1. The third-order valence-electron chi connectivity index (χ3n) is 3.42. The predicted octanol–water partition coefficient (Wildman–Crippen LogP) is 2.51. The fourth-order valence-electron chi connectivity index (χ4n) is 1.96. The molecular formula is C13H17BrN2O. The lowest BCUT2D eigenvalue weighted by atomic mass is 9.77. The average molecular weight is 297 g/mol. The third kappa shape index (κ3) is 2.69. The Morgan fingerprint density at radius 3 is 2.47 bits per heavy atom. The number of benzene rings is 1. The first-order valence-corrected chi connectivity index (χ1v) is 6.66. The van der Waals surface area contributed by atoms with E-state index in [1.807, 2.05) is 31.2 Å². The number of hydrogen-bond acceptors (Lipinski definition) is 2. The second-order valence-electron chi connectivity index (χ2n) is 4.76. The summed E-state index contributed by atoms with van der Waals surface area (Å²) in [4.78, 5) is 12.0. The van der Waals surface area contributed by atoms with E-state index in [2.05, 4.69) is 21.2 Å². The summed E-state index contributed by atoms with van der Waals surface area (Å²) >= 11 is 3.39. The largest absolute Gasteiger partial charge is 0.348 e. The molecule has 92 valence electrons. The van der Waals surface area contributed by atoms with Crippen LogP contribution in [-0.2, 0) is 4.79 Å². The molecule has 0 aromatic heterocycles. The van der Waals surface area contributed by atoms with Crippen molar-refractivity contribution >= 4 is 21.8 Å². The minimum atomic E-state index is -0.621. The van der Waals surface area contributed by atoms with Crippen molar-refractivity contribution in [3.63, 3.8) is 0 Å². The smallest absolute Gasteiger partial charge is 0.240 e. The van der Waals surface area contributed by atoms with E-state index in [4.69, 9.17) is 5.73 Å². The number of rotatable bonds is 3. The summed E-state index contributed by atoms with van der Waals surface area (Å²) in [7, 11) is 0. The normalized spacial score (nSPS) is 19.2. The van der Waals surface area contributed by atoms with Gasteiger partial charge in [-0.2, -0.15) is 0 Å². The Balaban J connectivity index is 1.99. The van der Waals surface area contributed by atoms with Gasteiger partial charge < -0.3 is 11.1 Å². The first-order chi connectivity index (χ1) is 8.01. The van der Waals surface area contributed by atoms with Gasteiger partial charge in [-0.15, -0.1) is 0 Å². The fraction of sp³-hybridized carbons (Fsp3) is 0.462. The van der Waals surface area contributed by atoms with Crippen LogP contribution in [0.5, 0.6) is 0 Å². The van der Waals surface area contributed by atoms with Crippen LogP contribution in [0.1, 0.15) is 37.8 Å². The van der Waals surface area contributed by atoms with E-state index in [1.165, 1.54) is 0 Å². The molecule has 1 aromatic rings. The Hall–Kier alpha value is -0.870. The van der Waals surface area contributed by atoms with Crippen LogP contribution >= 0.6 is 15.9 Å². The second-order valence-corrected chi connectivity index (χ2v) is 5.67. The van der Waals surface area contributed by atoms with Gasteiger partial charge in [-0.25, -0.2) is 0 Å². The van der Waals surface area contributed by atoms with Crippen molar-refractivity contribution in [1.82, 2.24) is 5.32 Å². The van der Waals surface area contributed by atoms with Gasteiger partial charge in [-0.1, -0.05) is 28.1 Å². The Kier molecular flexibility index (Phi) is 3.54. The van der Waals surface area contributed by atoms with Crippen LogP contribution in [0, 0.1) is 0 Å². The van der Waals surface area contributed by atoms with E-state index >= 15 is 0 Å². The van der Waals surface area contributed by atoms with E-state index in [0.717, 1.165) is 29.3 Å². The summed E-state index contributed by atoms with van der Waals surface area (Å²) < 4.78 is 1.04. The van der Waals surface area contributed by atoms with Crippen LogP contribution in [-0.4, -0.2) is 11.4 Å². The zero-order chi connectivity index (χ0) is 12.5. The molecule has 17 heavy (non-hydrogen) atoms. The van der Waals surface area contributed by atoms with E-state index < -0.39 is 5.54 Å². The van der Waals surface area contributed by atoms with Crippen molar-refractivity contribution < 1.29 is 4.79 Å². The van der Waals surface area contributed by atoms with Crippen molar-refractivity contribution in [2.45, 2.75) is 37.8 Å². The first-order valence-electron chi connectivity index (χ1n) is 5.86. The first kappa shape index (κ1) is 12.6. The molecule has 0 spiro atoms. The summed E-state index contributed by atoms with van der Waals surface area (Å²) in [6.07, 6.45) is 2.65. The lowest BCUT2D eigenvalue weighted by molar-refractivity contribution is -0.129. The van der Waals surface area contributed by atoms with Gasteiger partial charge in [-0.3, -0.25) is 4.79 Å². The highest BCUT2D eigenvalue weighted by Crippen LogP contribution is 2.30. The summed E-state index contributed by atoms with van der Waals surface area (Å²) in [6, 6.07) is 7.94. The molecule has 0 unspecified atom stereocenters. The van der Waals surface area contributed by atoms with E-state index in [1.54, 1.807) is 0 Å². The Morgan fingerprint density at radius 1 is 1.41 bits per heavy atom. The summed E-state index contributed by atoms with van der Waals surface area (Å²) in [6.45, 7) is 1.98. The van der Waals surface area contributed by atoms with E-state index in [0.29, 0.717) is 0 Å². The van der Waals surface area contributed by atoms with Gasteiger partial charge in [-0.05, 0) is 43.9 Å². The summed E-state index contributed by atoms with van der Waals surface area (Å²) in [5, 5.41) is 2.98. The number of amides is 1. The molecule has 0 heterocycles. The quantitative estimate of drug-likeness (QED) is 0.900. The molecule has 1 aliphatic rings. The monoisotopic (exact) mass is 296 g/mol. The van der Waals surface area contributed by atoms with Gasteiger partial charge >= 0.3 is 0 Å². The van der Waals surface area contributed by atoms with Gasteiger partial charge in [0.25, 0.3) is 0 Å². The number of nitrogens with two attached hydrogens (primary N) is 1. The molecular weight excluding hydrogens is 280 g/mol. The molecule has 2 rings (SSSR count). The fourth-order valence-corrected chi connectivity index (χ4v) is 2.22. The minimum Gasteiger partial charge on any atom is -0.348 e. The van der Waals surface area contributed by atoms with Crippen molar-refractivity contribution in [3.05, 3.63) is 34.3 Å². The van der Waals surface area contributed by atoms with E-state index in [9.17, 15) is 4.79 Å². The molecule has 1 fully saturated rings. The second kappa shape index (κ2) is 4.78. The number of carbonyl (C=O) groups is 1. The van der Waals surface area contributed by atoms with Gasteiger partial charge in [0.15, 0.2) is 0 Å². The molecule has 3 nitrogen and oxygen atoms in total. The topological polar surface area (TPSA) is 55.1 Å². The molecule has 0 saturated heterocycles. The number of carbonyl (C=O) groups excluding carboxylic acids is 1. The van der Waals surface area contributed by atoms with Gasteiger partial charge in [0.2, 0.25) is 5.91 Å². The van der Waals surface area contributed by atoms with Crippen LogP contribution in [0.3, 0.4) is 0 Å². The SMILES string of the molecule is C[C@H](NC(=O)C1(N)CCC1)c1ccc(Br)cc1. The van der Waals surface area contributed by atoms with Crippen LogP contribution in [0.2, 0.25) is 0 Å². The highest BCUT2D eigenvalue weighted by Gasteiger charge is 2.40. The average Bonchev–Trinajstić information content (AvgIpc) is 2.26. The van der Waals surface area contributed by atoms with Gasteiger partial charge in [0.1, 0.15) is 0 Å². The zero-order valence-electron chi connectivity index (χ0n) is 9.87. The van der Waals surface area contributed by atoms with Crippen LogP contribution < -0.4 is 11.1 Å². The minimum absolute atomic E-state index is 0.00313. The van der Waals surface area contributed by atoms with Crippen molar-refractivity contribution in [1.29, 1.82) is 0 Å². The molecule has 1 atom stereocenters. The van der Waals surface area contributed by atoms with Gasteiger partial charge in [0.05, 0.1) is 11.6 Å². The van der Waals surface area contributed by atoms with E-state index in [-0.39, 0.29) is 11.9 Å². The molecule has 0 bridgehead atoms. The highest BCUT2D eigenvalue weighted by atomic mass is 79.9. The number of hydrogen-bond donors (Lipinski definition) is 2. The third-order valence-corrected chi connectivity index (χ3v) is 3.94. The van der Waals surface area contributed by atoms with Crippen molar-refractivity contribution in [2.24, 2.45) is 5.73 Å². The van der Waals surface area contributed by atoms with Crippen molar-refractivity contribution in [3.8, 4) is 0 Å².